The Balaban J connectivity index is 1.89. The molecule has 0 bridgehead atoms. The summed E-state index contributed by atoms with van der Waals surface area (Å²) in [5.74, 6) is 1.87. The molecule has 0 radical (unpaired) electrons. The molecule has 90 valence electrons. The van der Waals surface area contributed by atoms with Gasteiger partial charge in [-0.25, -0.2) is 4.68 Å². The lowest BCUT2D eigenvalue weighted by atomic mass is 9.83. The highest BCUT2D eigenvalue weighted by Crippen LogP contribution is 2.29. The number of rotatable bonds is 6. The fourth-order valence-electron chi connectivity index (χ4n) is 2.16. The quantitative estimate of drug-likeness (QED) is 0.794. The molecule has 1 fully saturated rings. The van der Waals surface area contributed by atoms with E-state index in [0.29, 0.717) is 0 Å². The zero-order valence-corrected chi connectivity index (χ0v) is 10.2. The zero-order valence-electron chi connectivity index (χ0n) is 10.2. The van der Waals surface area contributed by atoms with Crippen LogP contribution in [-0.2, 0) is 6.54 Å². The minimum atomic E-state index is 0.237. The van der Waals surface area contributed by atoms with Gasteiger partial charge in [0.15, 0.2) is 5.82 Å². The minimum Gasteiger partial charge on any atom is -0.308 e. The molecule has 0 spiro atoms. The van der Waals surface area contributed by atoms with E-state index in [1.165, 1.54) is 25.7 Å². The van der Waals surface area contributed by atoms with Gasteiger partial charge in [-0.05, 0) is 36.2 Å². The molecule has 1 aliphatic rings. The molecule has 1 N–H and O–H groups in total. The first-order valence-corrected chi connectivity index (χ1v) is 6.30. The van der Waals surface area contributed by atoms with Gasteiger partial charge in [-0.2, -0.15) is 0 Å². The van der Waals surface area contributed by atoms with Gasteiger partial charge in [0.1, 0.15) is 0 Å². The average Bonchev–Trinajstić information content (AvgIpc) is 2.64. The second-order valence-corrected chi connectivity index (χ2v) is 4.63. The maximum Gasteiger partial charge on any atom is 0.167 e. The Bertz CT molecular complexity index is 318. The molecular formula is C11H21N5. The fraction of sp³-hybridized carbons (Fsp3) is 0.909. The van der Waals surface area contributed by atoms with Crippen LogP contribution < -0.4 is 5.32 Å². The molecule has 1 aromatic rings. The van der Waals surface area contributed by atoms with Gasteiger partial charge >= 0.3 is 0 Å². The van der Waals surface area contributed by atoms with Crippen LogP contribution in [0.25, 0.3) is 0 Å². The van der Waals surface area contributed by atoms with Crippen LogP contribution in [0, 0.1) is 5.92 Å². The van der Waals surface area contributed by atoms with Crippen LogP contribution in [0.1, 0.15) is 51.4 Å². The summed E-state index contributed by atoms with van der Waals surface area (Å²) in [4.78, 5) is 0. The smallest absolute Gasteiger partial charge is 0.167 e. The lowest BCUT2D eigenvalue weighted by molar-refractivity contribution is 0.274. The predicted octanol–water partition coefficient (Wildman–Crippen LogP) is 1.53. The normalized spacial score (nSPS) is 18.4. The standard InChI is InChI=1S/C11H21N5/c1-3-12-9(2)11-13-14-15-16(11)8-7-10-5-4-6-10/h9-10,12H,3-8H2,1-2H3. The van der Waals surface area contributed by atoms with Gasteiger partial charge in [-0.3, -0.25) is 0 Å². The van der Waals surface area contributed by atoms with Crippen molar-refractivity contribution >= 4 is 0 Å². The Hall–Kier alpha value is -0.970. The summed E-state index contributed by atoms with van der Waals surface area (Å²) in [7, 11) is 0. The third-order valence-corrected chi connectivity index (χ3v) is 3.43. The Morgan fingerprint density at radius 1 is 1.50 bits per heavy atom. The number of nitrogens with one attached hydrogen (secondary N) is 1. The highest BCUT2D eigenvalue weighted by molar-refractivity contribution is 4.89. The first kappa shape index (κ1) is 11.5. The van der Waals surface area contributed by atoms with E-state index in [1.54, 1.807) is 0 Å². The van der Waals surface area contributed by atoms with Crippen molar-refractivity contribution < 1.29 is 0 Å². The van der Waals surface area contributed by atoms with Crippen LogP contribution >= 0.6 is 0 Å². The molecule has 1 aromatic heterocycles. The average molecular weight is 223 g/mol. The second-order valence-electron chi connectivity index (χ2n) is 4.63. The second kappa shape index (κ2) is 5.39. The first-order chi connectivity index (χ1) is 7.81. The summed E-state index contributed by atoms with van der Waals surface area (Å²) < 4.78 is 1.95. The van der Waals surface area contributed by atoms with Crippen molar-refractivity contribution in [3.63, 3.8) is 0 Å². The molecule has 0 saturated heterocycles. The fourth-order valence-corrected chi connectivity index (χ4v) is 2.16. The lowest BCUT2D eigenvalue weighted by Crippen LogP contribution is -2.23. The van der Waals surface area contributed by atoms with Crippen LogP contribution in [0.2, 0.25) is 0 Å². The largest absolute Gasteiger partial charge is 0.308 e. The maximum atomic E-state index is 4.10. The Morgan fingerprint density at radius 2 is 2.31 bits per heavy atom. The number of nitrogens with zero attached hydrogens (tertiary/aromatic N) is 4. The zero-order chi connectivity index (χ0) is 11.4. The number of hydrogen-bond donors (Lipinski definition) is 1. The third-order valence-electron chi connectivity index (χ3n) is 3.43. The van der Waals surface area contributed by atoms with Gasteiger partial charge in [0.05, 0.1) is 6.04 Å². The molecule has 1 saturated carbocycles. The summed E-state index contributed by atoms with van der Waals surface area (Å²) in [5.41, 5.74) is 0. The van der Waals surface area contributed by atoms with Gasteiger partial charge in [0.25, 0.3) is 0 Å². The van der Waals surface area contributed by atoms with Crippen molar-refractivity contribution in [1.82, 2.24) is 25.5 Å². The topological polar surface area (TPSA) is 55.6 Å². The van der Waals surface area contributed by atoms with Crippen molar-refractivity contribution in [1.29, 1.82) is 0 Å². The molecule has 5 nitrogen and oxygen atoms in total. The van der Waals surface area contributed by atoms with Gasteiger partial charge in [0.2, 0.25) is 0 Å². The molecule has 1 heterocycles. The van der Waals surface area contributed by atoms with E-state index in [1.807, 2.05) is 4.68 Å². The SMILES string of the molecule is CCNC(C)c1nnnn1CCC1CCC1. The molecule has 5 heteroatoms. The molecule has 0 aliphatic heterocycles. The molecule has 1 aliphatic carbocycles. The van der Waals surface area contributed by atoms with Crippen molar-refractivity contribution in [2.24, 2.45) is 5.92 Å². The minimum absolute atomic E-state index is 0.237. The van der Waals surface area contributed by atoms with Crippen molar-refractivity contribution in [3.05, 3.63) is 5.82 Å². The predicted molar refractivity (Wildman–Crippen MR) is 61.9 cm³/mol. The van der Waals surface area contributed by atoms with E-state index in [4.69, 9.17) is 0 Å². The molecule has 16 heavy (non-hydrogen) atoms. The lowest BCUT2D eigenvalue weighted by Gasteiger charge is -2.25. The highest BCUT2D eigenvalue weighted by Gasteiger charge is 2.19. The molecule has 0 amide bonds. The summed E-state index contributed by atoms with van der Waals surface area (Å²) in [5, 5.41) is 15.3. The summed E-state index contributed by atoms with van der Waals surface area (Å²) in [6.07, 6.45) is 5.40. The van der Waals surface area contributed by atoms with Crippen molar-refractivity contribution in [3.8, 4) is 0 Å². The van der Waals surface area contributed by atoms with Crippen molar-refractivity contribution in [2.75, 3.05) is 6.54 Å². The van der Waals surface area contributed by atoms with E-state index in [2.05, 4.69) is 34.7 Å². The highest BCUT2D eigenvalue weighted by atomic mass is 15.5. The van der Waals surface area contributed by atoms with E-state index < -0.39 is 0 Å². The molecule has 2 rings (SSSR count). The number of aryl methyl sites for hydroxylation is 1. The van der Waals surface area contributed by atoms with E-state index in [9.17, 15) is 0 Å². The molecule has 1 unspecified atom stereocenters. The number of hydrogen-bond acceptors (Lipinski definition) is 4. The van der Waals surface area contributed by atoms with E-state index in [0.717, 1.165) is 24.8 Å². The van der Waals surface area contributed by atoms with Crippen LogP contribution in [0.5, 0.6) is 0 Å². The molecule has 1 atom stereocenters. The summed E-state index contributed by atoms with van der Waals surface area (Å²) in [6.45, 7) is 6.10. The van der Waals surface area contributed by atoms with Crippen LogP contribution in [0.4, 0.5) is 0 Å². The first-order valence-electron chi connectivity index (χ1n) is 6.30. The van der Waals surface area contributed by atoms with Gasteiger partial charge in [0, 0.05) is 6.54 Å². The van der Waals surface area contributed by atoms with Crippen molar-refractivity contribution in [2.45, 2.75) is 52.1 Å². The Kier molecular flexibility index (Phi) is 3.88. The van der Waals surface area contributed by atoms with Crippen LogP contribution in [0.3, 0.4) is 0 Å². The van der Waals surface area contributed by atoms with Gasteiger partial charge < -0.3 is 5.32 Å². The van der Waals surface area contributed by atoms with Gasteiger partial charge in [-0.1, -0.05) is 26.2 Å². The van der Waals surface area contributed by atoms with E-state index in [-0.39, 0.29) is 6.04 Å². The van der Waals surface area contributed by atoms with Crippen LogP contribution in [0.15, 0.2) is 0 Å². The third kappa shape index (κ3) is 2.58. The molecule has 0 aromatic carbocycles. The van der Waals surface area contributed by atoms with Crippen LogP contribution in [-0.4, -0.2) is 26.8 Å². The Labute approximate surface area is 96.6 Å². The maximum absolute atomic E-state index is 4.10. The summed E-state index contributed by atoms with van der Waals surface area (Å²) >= 11 is 0. The number of aromatic nitrogens is 4. The molecular weight excluding hydrogens is 202 g/mol. The van der Waals surface area contributed by atoms with E-state index >= 15 is 0 Å². The Morgan fingerprint density at radius 3 is 2.94 bits per heavy atom. The number of tetrazole rings is 1. The monoisotopic (exact) mass is 223 g/mol. The van der Waals surface area contributed by atoms with Gasteiger partial charge in [-0.15, -0.1) is 5.10 Å². The summed E-state index contributed by atoms with van der Waals surface area (Å²) in [6, 6.07) is 0.237.